The summed E-state index contributed by atoms with van der Waals surface area (Å²) in [6.45, 7) is 5.91. The van der Waals surface area contributed by atoms with Crippen molar-refractivity contribution in [2.45, 2.75) is 38.9 Å². The van der Waals surface area contributed by atoms with Crippen molar-refractivity contribution in [1.29, 1.82) is 0 Å². The predicted octanol–water partition coefficient (Wildman–Crippen LogP) is 2.03. The largest absolute Gasteiger partial charge is 0.384 e. The summed E-state index contributed by atoms with van der Waals surface area (Å²) < 4.78 is 7.13. The molecule has 0 saturated carbocycles. The van der Waals surface area contributed by atoms with Crippen LogP contribution in [0, 0.1) is 0 Å². The van der Waals surface area contributed by atoms with E-state index in [1.54, 1.807) is 7.11 Å². The van der Waals surface area contributed by atoms with Crippen LogP contribution >= 0.6 is 0 Å². The van der Waals surface area contributed by atoms with Gasteiger partial charge >= 0.3 is 0 Å². The number of hydrogen-bond acceptors (Lipinski definition) is 5. The van der Waals surface area contributed by atoms with Gasteiger partial charge in [0.25, 0.3) is 0 Å². The first kappa shape index (κ1) is 19.6. The van der Waals surface area contributed by atoms with Gasteiger partial charge in [0.05, 0.1) is 12.6 Å². The van der Waals surface area contributed by atoms with Crippen LogP contribution in [0.15, 0.2) is 30.3 Å². The quantitative estimate of drug-likeness (QED) is 0.638. The number of aromatic nitrogens is 4. The highest BCUT2D eigenvalue weighted by molar-refractivity contribution is 5.80. The molecule has 0 radical (unpaired) electrons. The number of H-pyrrole nitrogens is 1. The maximum absolute atomic E-state index is 12.0. The molecule has 1 unspecified atom stereocenters. The number of para-hydroxylation sites is 1. The summed E-state index contributed by atoms with van der Waals surface area (Å²) >= 11 is 0. The third-order valence-corrected chi connectivity index (χ3v) is 5.43. The van der Waals surface area contributed by atoms with Crippen molar-refractivity contribution in [3.05, 3.63) is 47.7 Å². The van der Waals surface area contributed by atoms with E-state index in [2.05, 4.69) is 60.3 Å². The van der Waals surface area contributed by atoms with Crippen molar-refractivity contribution >= 4 is 16.8 Å². The third kappa shape index (κ3) is 4.49. The molecule has 0 spiro atoms. The number of carbonyl (C=O) groups is 1. The third-order valence-electron chi connectivity index (χ3n) is 5.43. The second kappa shape index (κ2) is 8.75. The minimum atomic E-state index is -0.180. The van der Waals surface area contributed by atoms with Gasteiger partial charge in [-0.2, -0.15) is 0 Å². The highest BCUT2D eigenvalue weighted by Gasteiger charge is 2.23. The van der Waals surface area contributed by atoms with Crippen molar-refractivity contribution in [1.82, 2.24) is 30.0 Å². The number of nitrogens with zero attached hydrogens (tertiary/aromatic N) is 4. The molecule has 154 valence electrons. The van der Waals surface area contributed by atoms with E-state index in [0.717, 1.165) is 44.2 Å². The highest BCUT2D eigenvalue weighted by atomic mass is 16.5. The van der Waals surface area contributed by atoms with Gasteiger partial charge < -0.3 is 19.6 Å². The van der Waals surface area contributed by atoms with Gasteiger partial charge in [-0.05, 0) is 24.4 Å². The molecule has 1 aliphatic rings. The van der Waals surface area contributed by atoms with Gasteiger partial charge in [-0.1, -0.05) is 18.2 Å². The van der Waals surface area contributed by atoms with E-state index in [9.17, 15) is 4.79 Å². The Morgan fingerprint density at radius 3 is 2.97 bits per heavy atom. The lowest BCUT2D eigenvalue weighted by atomic mass is 10.2. The fraction of sp³-hybridized carbons (Fsp3) is 0.476. The Morgan fingerprint density at radius 2 is 2.14 bits per heavy atom. The van der Waals surface area contributed by atoms with E-state index < -0.39 is 0 Å². The minimum absolute atomic E-state index is 0.0363. The van der Waals surface area contributed by atoms with Crippen LogP contribution in [0.4, 0.5) is 0 Å². The summed E-state index contributed by atoms with van der Waals surface area (Å²) in [5, 5.41) is 13.0. The average molecular weight is 396 g/mol. The van der Waals surface area contributed by atoms with Gasteiger partial charge in [-0.3, -0.25) is 9.69 Å². The molecule has 4 rings (SSSR count). The van der Waals surface area contributed by atoms with Crippen molar-refractivity contribution in [3.8, 4) is 0 Å². The second-order valence-electron chi connectivity index (χ2n) is 7.57. The van der Waals surface area contributed by atoms with Gasteiger partial charge in [-0.15, -0.1) is 10.2 Å². The van der Waals surface area contributed by atoms with E-state index in [1.807, 2.05) is 6.92 Å². The standard InChI is InChI=1S/C21H28N6O2/c1-15(22-20(28)8-12-29-2)21-25-24-19-7-9-26(10-11-27(19)21)14-17-13-16-5-3-4-6-18(16)23-17/h3-6,13,15,23H,7-12,14H2,1-2H3,(H,22,28). The molecule has 8 heteroatoms. The molecule has 29 heavy (non-hydrogen) atoms. The molecule has 0 aliphatic carbocycles. The fourth-order valence-electron chi connectivity index (χ4n) is 3.90. The first-order valence-corrected chi connectivity index (χ1v) is 10.1. The van der Waals surface area contributed by atoms with E-state index in [4.69, 9.17) is 4.74 Å². The predicted molar refractivity (Wildman–Crippen MR) is 110 cm³/mol. The number of benzene rings is 1. The Labute approximate surface area is 170 Å². The minimum Gasteiger partial charge on any atom is -0.384 e. The number of ether oxygens (including phenoxy) is 1. The summed E-state index contributed by atoms with van der Waals surface area (Å²) in [4.78, 5) is 18.0. The van der Waals surface area contributed by atoms with Crippen LogP contribution in [0.1, 0.15) is 36.7 Å². The van der Waals surface area contributed by atoms with Crippen molar-refractivity contribution in [2.75, 3.05) is 26.8 Å². The number of nitrogens with one attached hydrogen (secondary N) is 2. The molecule has 8 nitrogen and oxygen atoms in total. The van der Waals surface area contributed by atoms with E-state index in [0.29, 0.717) is 13.0 Å². The van der Waals surface area contributed by atoms with Crippen molar-refractivity contribution in [2.24, 2.45) is 0 Å². The van der Waals surface area contributed by atoms with E-state index in [1.165, 1.54) is 16.6 Å². The summed E-state index contributed by atoms with van der Waals surface area (Å²) in [7, 11) is 1.59. The zero-order valence-corrected chi connectivity index (χ0v) is 17.0. The molecule has 2 N–H and O–H groups in total. The molecule has 3 heterocycles. The molecule has 1 aliphatic heterocycles. The Kier molecular flexibility index (Phi) is 5.92. The van der Waals surface area contributed by atoms with Gasteiger partial charge in [0.2, 0.25) is 5.91 Å². The molecular weight excluding hydrogens is 368 g/mol. The molecular formula is C21H28N6O2. The summed E-state index contributed by atoms with van der Waals surface area (Å²) in [5.74, 6) is 1.76. The fourth-order valence-corrected chi connectivity index (χ4v) is 3.90. The van der Waals surface area contributed by atoms with Gasteiger partial charge in [-0.25, -0.2) is 0 Å². The zero-order valence-electron chi connectivity index (χ0n) is 17.0. The molecule has 0 fully saturated rings. The number of methoxy groups -OCH3 is 1. The van der Waals surface area contributed by atoms with Crippen LogP contribution < -0.4 is 5.32 Å². The summed E-state index contributed by atoms with van der Waals surface area (Å²) in [6, 6.07) is 10.4. The lowest BCUT2D eigenvalue weighted by molar-refractivity contribution is -0.122. The number of hydrogen-bond donors (Lipinski definition) is 2. The molecule has 3 aromatic rings. The summed E-state index contributed by atoms with van der Waals surface area (Å²) in [6.07, 6.45) is 1.19. The van der Waals surface area contributed by atoms with Gasteiger partial charge in [0, 0.05) is 57.3 Å². The van der Waals surface area contributed by atoms with E-state index >= 15 is 0 Å². The normalized spacial score (nSPS) is 15.8. The lowest BCUT2D eigenvalue weighted by Gasteiger charge is -2.19. The maximum Gasteiger partial charge on any atom is 0.222 e. The van der Waals surface area contributed by atoms with Gasteiger partial charge in [0.1, 0.15) is 5.82 Å². The Bertz CT molecular complexity index is 946. The first-order valence-electron chi connectivity index (χ1n) is 10.1. The molecule has 0 saturated heterocycles. The average Bonchev–Trinajstić information content (AvgIpc) is 3.26. The smallest absolute Gasteiger partial charge is 0.222 e. The van der Waals surface area contributed by atoms with Crippen LogP contribution in [0.2, 0.25) is 0 Å². The Balaban J connectivity index is 1.39. The molecule has 1 amide bonds. The van der Waals surface area contributed by atoms with Crippen molar-refractivity contribution < 1.29 is 9.53 Å². The zero-order chi connectivity index (χ0) is 20.2. The molecule has 1 atom stereocenters. The highest BCUT2D eigenvalue weighted by Crippen LogP contribution is 2.19. The maximum atomic E-state index is 12.0. The topological polar surface area (TPSA) is 88.1 Å². The lowest BCUT2D eigenvalue weighted by Crippen LogP contribution is -2.30. The SMILES string of the molecule is COCCC(=O)NC(C)c1nnc2n1CCN(Cc1cc3ccccc3[nH]1)CC2. The molecule has 2 aromatic heterocycles. The van der Waals surface area contributed by atoms with Crippen LogP contribution in [-0.2, 0) is 29.0 Å². The Hall–Kier alpha value is -2.71. The van der Waals surface area contributed by atoms with Crippen LogP contribution in [-0.4, -0.2) is 57.4 Å². The first-order chi connectivity index (χ1) is 14.1. The molecule has 1 aromatic carbocycles. The number of rotatable bonds is 7. The monoisotopic (exact) mass is 396 g/mol. The number of fused-ring (bicyclic) bond motifs is 2. The number of aromatic amines is 1. The van der Waals surface area contributed by atoms with Crippen molar-refractivity contribution in [3.63, 3.8) is 0 Å². The van der Waals surface area contributed by atoms with Gasteiger partial charge in [0.15, 0.2) is 5.82 Å². The van der Waals surface area contributed by atoms with Crippen LogP contribution in [0.25, 0.3) is 10.9 Å². The second-order valence-corrected chi connectivity index (χ2v) is 7.57. The molecule has 0 bridgehead atoms. The van der Waals surface area contributed by atoms with Crippen LogP contribution in [0.3, 0.4) is 0 Å². The number of carbonyl (C=O) groups excluding carboxylic acids is 1. The van der Waals surface area contributed by atoms with E-state index in [-0.39, 0.29) is 11.9 Å². The van der Waals surface area contributed by atoms with Crippen LogP contribution in [0.5, 0.6) is 0 Å². The number of amides is 1. The summed E-state index contributed by atoms with van der Waals surface area (Å²) in [5.41, 5.74) is 2.40. The Morgan fingerprint density at radius 1 is 1.28 bits per heavy atom.